The van der Waals surface area contributed by atoms with Crippen LogP contribution in [0.1, 0.15) is 17.5 Å². The Hall–Kier alpha value is -2.37. The Labute approximate surface area is 151 Å². The minimum absolute atomic E-state index is 0.235. The van der Waals surface area contributed by atoms with Crippen LogP contribution in [0.4, 0.5) is 10.5 Å². The van der Waals surface area contributed by atoms with Crippen LogP contribution >= 0.6 is 11.6 Å². The number of halogens is 1. The molecule has 1 atom stereocenters. The topological polar surface area (TPSA) is 52.7 Å². The number of carbonyl (C=O) groups excluding carboxylic acids is 2. The van der Waals surface area contributed by atoms with E-state index in [0.717, 1.165) is 24.4 Å². The number of amides is 3. The van der Waals surface area contributed by atoms with E-state index in [-0.39, 0.29) is 18.5 Å². The van der Waals surface area contributed by atoms with Crippen LogP contribution in [0.25, 0.3) is 0 Å². The molecule has 0 aromatic heterocycles. The van der Waals surface area contributed by atoms with Crippen molar-refractivity contribution in [3.05, 3.63) is 64.7 Å². The summed E-state index contributed by atoms with van der Waals surface area (Å²) in [6.07, 6.45) is 0.872. The molecule has 0 saturated carbocycles. The summed E-state index contributed by atoms with van der Waals surface area (Å²) < 4.78 is 0. The zero-order chi connectivity index (χ0) is 17.4. The van der Waals surface area contributed by atoms with Gasteiger partial charge < -0.3 is 5.32 Å². The Morgan fingerprint density at radius 3 is 2.48 bits per heavy atom. The first-order valence-electron chi connectivity index (χ1n) is 8.32. The van der Waals surface area contributed by atoms with Crippen LogP contribution in [-0.2, 0) is 17.8 Å². The highest BCUT2D eigenvalue weighted by Gasteiger charge is 2.37. The fraction of sp³-hybridized carbons (Fsp3) is 0.263. The molecule has 0 radical (unpaired) electrons. The van der Waals surface area contributed by atoms with Crippen molar-refractivity contribution in [1.29, 1.82) is 0 Å². The normalized spacial score (nSPS) is 21.0. The minimum Gasteiger partial charge on any atom is -0.321 e. The van der Waals surface area contributed by atoms with Crippen molar-refractivity contribution in [3.8, 4) is 0 Å². The van der Waals surface area contributed by atoms with Crippen LogP contribution in [0.2, 0.25) is 5.02 Å². The number of urea groups is 1. The number of carbonyl (C=O) groups is 2. The minimum atomic E-state index is -0.423. The van der Waals surface area contributed by atoms with Crippen molar-refractivity contribution in [2.75, 3.05) is 11.4 Å². The van der Waals surface area contributed by atoms with E-state index >= 15 is 0 Å². The third kappa shape index (κ3) is 3.01. The number of fused-ring (bicyclic) bond motifs is 1. The molecule has 0 spiro atoms. The number of benzene rings is 2. The lowest BCUT2D eigenvalue weighted by atomic mass is 9.99. The number of nitrogens with zero attached hydrogens (tertiary/aromatic N) is 2. The number of nitrogens with one attached hydrogen (secondary N) is 1. The van der Waals surface area contributed by atoms with Crippen molar-refractivity contribution in [1.82, 2.24) is 10.2 Å². The van der Waals surface area contributed by atoms with E-state index in [4.69, 9.17) is 11.6 Å². The number of para-hydroxylation sites is 1. The lowest BCUT2D eigenvalue weighted by Crippen LogP contribution is -2.61. The van der Waals surface area contributed by atoms with Crippen molar-refractivity contribution >= 4 is 29.2 Å². The van der Waals surface area contributed by atoms with Crippen LogP contribution in [0.5, 0.6) is 0 Å². The molecule has 0 aliphatic carbocycles. The molecule has 1 fully saturated rings. The average Bonchev–Trinajstić information content (AvgIpc) is 2.62. The summed E-state index contributed by atoms with van der Waals surface area (Å²) in [5, 5.41) is 3.34. The van der Waals surface area contributed by atoms with Gasteiger partial charge in [0, 0.05) is 13.1 Å². The zero-order valence-corrected chi connectivity index (χ0v) is 14.4. The molecular weight excluding hydrogens is 338 g/mol. The molecule has 6 heteroatoms. The summed E-state index contributed by atoms with van der Waals surface area (Å²) in [4.78, 5) is 28.5. The fourth-order valence-electron chi connectivity index (χ4n) is 3.51. The predicted octanol–water partition coefficient (Wildman–Crippen LogP) is 3.17. The van der Waals surface area contributed by atoms with E-state index in [1.54, 1.807) is 24.3 Å². The second-order valence-corrected chi connectivity index (χ2v) is 6.75. The third-order valence-corrected chi connectivity index (χ3v) is 5.12. The smallest absolute Gasteiger partial charge is 0.321 e. The Kier molecular flexibility index (Phi) is 4.19. The molecule has 1 unspecified atom stereocenters. The van der Waals surface area contributed by atoms with Gasteiger partial charge >= 0.3 is 6.03 Å². The molecule has 4 rings (SSSR count). The first kappa shape index (κ1) is 16.1. The molecule has 1 N–H and O–H groups in total. The molecule has 5 nitrogen and oxygen atoms in total. The zero-order valence-electron chi connectivity index (χ0n) is 13.6. The fourth-order valence-corrected chi connectivity index (χ4v) is 3.73. The second-order valence-electron chi connectivity index (χ2n) is 6.34. The Balaban J connectivity index is 1.52. The van der Waals surface area contributed by atoms with Crippen molar-refractivity contribution in [3.63, 3.8) is 0 Å². The number of anilines is 1. The first-order valence-corrected chi connectivity index (χ1v) is 8.70. The Bertz CT molecular complexity index is 821. The van der Waals surface area contributed by atoms with E-state index in [9.17, 15) is 9.59 Å². The number of imide groups is 1. The van der Waals surface area contributed by atoms with Crippen LogP contribution in [0.15, 0.2) is 48.5 Å². The van der Waals surface area contributed by atoms with Crippen LogP contribution < -0.4 is 10.2 Å². The van der Waals surface area contributed by atoms with Gasteiger partial charge in [-0.3, -0.25) is 9.69 Å². The molecule has 2 aliphatic heterocycles. The molecule has 25 heavy (non-hydrogen) atoms. The summed E-state index contributed by atoms with van der Waals surface area (Å²) >= 11 is 6.15. The van der Waals surface area contributed by atoms with Gasteiger partial charge in [0.25, 0.3) is 0 Å². The van der Waals surface area contributed by atoms with Crippen LogP contribution in [0.3, 0.4) is 0 Å². The molecular formula is C19H18ClN3O2. The first-order chi connectivity index (χ1) is 12.1. The van der Waals surface area contributed by atoms with Crippen LogP contribution in [0, 0.1) is 0 Å². The van der Waals surface area contributed by atoms with Gasteiger partial charge in [0.15, 0.2) is 0 Å². The van der Waals surface area contributed by atoms with E-state index in [1.165, 1.54) is 11.1 Å². The maximum atomic E-state index is 12.6. The lowest BCUT2D eigenvalue weighted by molar-refractivity contribution is -0.120. The average molecular weight is 356 g/mol. The molecule has 1 saturated heterocycles. The monoisotopic (exact) mass is 355 g/mol. The molecule has 3 amide bonds. The second kappa shape index (κ2) is 6.50. The van der Waals surface area contributed by atoms with Crippen LogP contribution in [-0.4, -0.2) is 29.5 Å². The van der Waals surface area contributed by atoms with Gasteiger partial charge in [0.05, 0.1) is 23.3 Å². The summed E-state index contributed by atoms with van der Waals surface area (Å²) in [5.74, 6) is -0.235. The van der Waals surface area contributed by atoms with Gasteiger partial charge in [0.1, 0.15) is 0 Å². The number of hydrogen-bond donors (Lipinski definition) is 1. The quantitative estimate of drug-likeness (QED) is 0.900. The van der Waals surface area contributed by atoms with E-state index in [1.807, 2.05) is 12.1 Å². The Morgan fingerprint density at radius 2 is 1.72 bits per heavy atom. The highest BCUT2D eigenvalue weighted by molar-refractivity contribution is 6.35. The Morgan fingerprint density at radius 1 is 1.00 bits per heavy atom. The van der Waals surface area contributed by atoms with Gasteiger partial charge in [-0.1, -0.05) is 48.0 Å². The maximum Gasteiger partial charge on any atom is 0.330 e. The van der Waals surface area contributed by atoms with Gasteiger partial charge in [0.2, 0.25) is 5.91 Å². The largest absolute Gasteiger partial charge is 0.330 e. The van der Waals surface area contributed by atoms with E-state index < -0.39 is 6.03 Å². The summed E-state index contributed by atoms with van der Waals surface area (Å²) in [5.41, 5.74) is 3.02. The highest BCUT2D eigenvalue weighted by Crippen LogP contribution is 2.29. The van der Waals surface area contributed by atoms with Crippen molar-refractivity contribution in [2.24, 2.45) is 0 Å². The van der Waals surface area contributed by atoms with E-state index in [2.05, 4.69) is 22.3 Å². The maximum absolute atomic E-state index is 12.6. The summed E-state index contributed by atoms with van der Waals surface area (Å²) in [7, 11) is 0. The molecule has 2 aromatic carbocycles. The highest BCUT2D eigenvalue weighted by atomic mass is 35.5. The van der Waals surface area contributed by atoms with Gasteiger partial charge in [-0.25, -0.2) is 9.69 Å². The SMILES string of the molecule is O=C1CC(N2CCc3ccccc3C2)NC(=O)N1c1ccccc1Cl. The summed E-state index contributed by atoms with van der Waals surface area (Å²) in [6.45, 7) is 1.56. The lowest BCUT2D eigenvalue weighted by Gasteiger charge is -2.40. The molecule has 2 aliphatic rings. The number of hydrogen-bond acceptors (Lipinski definition) is 3. The predicted molar refractivity (Wildman–Crippen MR) is 96.4 cm³/mol. The third-order valence-electron chi connectivity index (χ3n) is 4.80. The molecule has 2 heterocycles. The van der Waals surface area contributed by atoms with Gasteiger partial charge in [-0.2, -0.15) is 0 Å². The van der Waals surface area contributed by atoms with Gasteiger partial charge in [-0.05, 0) is 29.7 Å². The number of rotatable bonds is 2. The standard InChI is InChI=1S/C19H18ClN3O2/c20-15-7-3-4-8-16(15)23-18(24)11-17(21-19(23)25)22-10-9-13-5-1-2-6-14(13)12-22/h1-8,17H,9-12H2,(H,21,25). The molecule has 128 valence electrons. The molecule has 2 aromatic rings. The van der Waals surface area contributed by atoms with E-state index in [0.29, 0.717) is 10.7 Å². The molecule has 0 bridgehead atoms. The van der Waals surface area contributed by atoms with Crippen molar-refractivity contribution < 1.29 is 9.59 Å². The van der Waals surface area contributed by atoms with Crippen molar-refractivity contribution in [2.45, 2.75) is 25.6 Å². The van der Waals surface area contributed by atoms with Gasteiger partial charge in [-0.15, -0.1) is 0 Å². The summed E-state index contributed by atoms with van der Waals surface area (Å²) in [6, 6.07) is 14.8.